The first-order chi connectivity index (χ1) is 8.20. The van der Waals surface area contributed by atoms with Crippen molar-refractivity contribution in [1.82, 2.24) is 5.32 Å². The van der Waals surface area contributed by atoms with E-state index in [-0.39, 0.29) is 6.04 Å². The molecule has 0 amide bonds. The maximum atomic E-state index is 5.86. The first-order valence-corrected chi connectivity index (χ1v) is 7.19. The van der Waals surface area contributed by atoms with Gasteiger partial charge in [-0.25, -0.2) is 0 Å². The molecule has 0 saturated heterocycles. The predicted octanol–water partition coefficient (Wildman–Crippen LogP) is 3.08. The third-order valence-corrected chi connectivity index (χ3v) is 4.09. The van der Waals surface area contributed by atoms with Gasteiger partial charge in [0, 0.05) is 17.1 Å². The number of halogens is 1. The standard InChI is InChI=1S/C14H21BrN2/c1-10(11-5-6-11)9-17-14(8-16)12-3-2-4-13(15)7-12/h2-4,7,10-11,14,17H,5-6,8-9,16H2,1H3. The van der Waals surface area contributed by atoms with Crippen molar-refractivity contribution >= 4 is 15.9 Å². The van der Waals surface area contributed by atoms with Crippen molar-refractivity contribution in [2.24, 2.45) is 17.6 Å². The second-order valence-corrected chi connectivity index (χ2v) is 5.98. The molecule has 1 fully saturated rings. The summed E-state index contributed by atoms with van der Waals surface area (Å²) >= 11 is 3.50. The Kier molecular flexibility index (Phi) is 4.60. The van der Waals surface area contributed by atoms with Gasteiger partial charge in [0.2, 0.25) is 0 Å². The van der Waals surface area contributed by atoms with Crippen molar-refractivity contribution in [2.75, 3.05) is 13.1 Å². The Hall–Kier alpha value is -0.380. The van der Waals surface area contributed by atoms with Crippen molar-refractivity contribution in [1.29, 1.82) is 0 Å². The lowest BCUT2D eigenvalue weighted by Crippen LogP contribution is -2.32. The number of nitrogens with one attached hydrogen (secondary N) is 1. The lowest BCUT2D eigenvalue weighted by Gasteiger charge is -2.20. The van der Waals surface area contributed by atoms with Crippen molar-refractivity contribution < 1.29 is 0 Å². The quantitative estimate of drug-likeness (QED) is 0.847. The normalized spacial score (nSPS) is 19.0. The van der Waals surface area contributed by atoms with Gasteiger partial charge in [-0.1, -0.05) is 35.0 Å². The molecule has 1 aliphatic carbocycles. The third kappa shape index (κ3) is 3.80. The monoisotopic (exact) mass is 296 g/mol. The van der Waals surface area contributed by atoms with Crippen LogP contribution in [0.4, 0.5) is 0 Å². The summed E-state index contributed by atoms with van der Waals surface area (Å²) in [6.07, 6.45) is 2.82. The van der Waals surface area contributed by atoms with Gasteiger partial charge in [0.15, 0.2) is 0 Å². The fourth-order valence-electron chi connectivity index (χ4n) is 2.22. The zero-order chi connectivity index (χ0) is 12.3. The maximum Gasteiger partial charge on any atom is 0.0445 e. The summed E-state index contributed by atoms with van der Waals surface area (Å²) in [5, 5.41) is 3.59. The highest BCUT2D eigenvalue weighted by Crippen LogP contribution is 2.36. The molecule has 2 unspecified atom stereocenters. The Labute approximate surface area is 112 Å². The van der Waals surface area contributed by atoms with Gasteiger partial charge in [0.1, 0.15) is 0 Å². The minimum Gasteiger partial charge on any atom is -0.329 e. The fraction of sp³-hybridized carbons (Fsp3) is 0.571. The number of nitrogens with two attached hydrogens (primary N) is 1. The van der Waals surface area contributed by atoms with E-state index in [0.29, 0.717) is 6.54 Å². The first-order valence-electron chi connectivity index (χ1n) is 6.39. The SMILES string of the molecule is CC(CNC(CN)c1cccc(Br)c1)C1CC1. The molecule has 0 bridgehead atoms. The van der Waals surface area contributed by atoms with Crippen LogP contribution in [-0.2, 0) is 0 Å². The van der Waals surface area contributed by atoms with E-state index in [9.17, 15) is 0 Å². The zero-order valence-corrected chi connectivity index (χ0v) is 11.9. The summed E-state index contributed by atoms with van der Waals surface area (Å²) in [4.78, 5) is 0. The second kappa shape index (κ2) is 5.98. The van der Waals surface area contributed by atoms with E-state index in [1.54, 1.807) is 0 Å². The fourth-order valence-corrected chi connectivity index (χ4v) is 2.64. The molecule has 0 aromatic heterocycles. The third-order valence-electron chi connectivity index (χ3n) is 3.60. The van der Waals surface area contributed by atoms with E-state index in [0.717, 1.165) is 22.9 Å². The number of hydrogen-bond acceptors (Lipinski definition) is 2. The van der Waals surface area contributed by atoms with E-state index in [4.69, 9.17) is 5.73 Å². The van der Waals surface area contributed by atoms with Gasteiger partial charge in [-0.15, -0.1) is 0 Å². The van der Waals surface area contributed by atoms with Crippen molar-refractivity contribution in [3.63, 3.8) is 0 Å². The highest BCUT2D eigenvalue weighted by Gasteiger charge is 2.27. The van der Waals surface area contributed by atoms with E-state index < -0.39 is 0 Å². The molecule has 1 aromatic carbocycles. The Morgan fingerprint density at radius 2 is 2.24 bits per heavy atom. The van der Waals surface area contributed by atoms with Crippen LogP contribution in [0.1, 0.15) is 31.4 Å². The van der Waals surface area contributed by atoms with Crippen molar-refractivity contribution in [2.45, 2.75) is 25.8 Å². The van der Waals surface area contributed by atoms with Crippen LogP contribution >= 0.6 is 15.9 Å². The van der Waals surface area contributed by atoms with E-state index >= 15 is 0 Å². The highest BCUT2D eigenvalue weighted by molar-refractivity contribution is 9.10. The van der Waals surface area contributed by atoms with Crippen LogP contribution in [0.2, 0.25) is 0 Å². The lowest BCUT2D eigenvalue weighted by molar-refractivity contribution is 0.422. The van der Waals surface area contributed by atoms with Crippen LogP contribution in [0.15, 0.2) is 28.7 Å². The summed E-state index contributed by atoms with van der Waals surface area (Å²) in [6.45, 7) is 4.05. The van der Waals surface area contributed by atoms with Crippen LogP contribution in [-0.4, -0.2) is 13.1 Å². The summed E-state index contributed by atoms with van der Waals surface area (Å²) in [6, 6.07) is 8.66. The van der Waals surface area contributed by atoms with Crippen LogP contribution in [0, 0.1) is 11.8 Å². The maximum absolute atomic E-state index is 5.86. The van der Waals surface area contributed by atoms with E-state index in [1.165, 1.54) is 18.4 Å². The average molecular weight is 297 g/mol. The van der Waals surface area contributed by atoms with Gasteiger partial charge in [-0.2, -0.15) is 0 Å². The molecule has 17 heavy (non-hydrogen) atoms. The largest absolute Gasteiger partial charge is 0.329 e. The van der Waals surface area contributed by atoms with Crippen LogP contribution in [0.5, 0.6) is 0 Å². The molecule has 0 heterocycles. The molecule has 94 valence electrons. The molecule has 2 atom stereocenters. The van der Waals surface area contributed by atoms with Gasteiger partial charge in [-0.3, -0.25) is 0 Å². The zero-order valence-electron chi connectivity index (χ0n) is 10.3. The smallest absolute Gasteiger partial charge is 0.0445 e. The molecular formula is C14H21BrN2. The highest BCUT2D eigenvalue weighted by atomic mass is 79.9. The molecule has 0 spiro atoms. The Balaban J connectivity index is 1.91. The number of rotatable bonds is 6. The summed E-state index contributed by atoms with van der Waals surface area (Å²) in [5.74, 6) is 1.72. The Morgan fingerprint density at radius 1 is 1.47 bits per heavy atom. The Bertz CT molecular complexity index is 363. The molecule has 2 nitrogen and oxygen atoms in total. The number of hydrogen-bond donors (Lipinski definition) is 2. The average Bonchev–Trinajstić information content (AvgIpc) is 3.13. The minimum absolute atomic E-state index is 0.272. The van der Waals surface area contributed by atoms with Crippen LogP contribution in [0.3, 0.4) is 0 Å². The lowest BCUT2D eigenvalue weighted by atomic mass is 10.0. The van der Waals surface area contributed by atoms with Gasteiger partial charge < -0.3 is 11.1 Å². The molecule has 1 saturated carbocycles. The second-order valence-electron chi connectivity index (χ2n) is 5.07. The van der Waals surface area contributed by atoms with Crippen LogP contribution in [0.25, 0.3) is 0 Å². The minimum atomic E-state index is 0.272. The summed E-state index contributed by atoms with van der Waals surface area (Å²) < 4.78 is 1.12. The molecule has 1 aliphatic rings. The summed E-state index contributed by atoms with van der Waals surface area (Å²) in [5.41, 5.74) is 7.12. The molecule has 1 aromatic rings. The topological polar surface area (TPSA) is 38.0 Å². The molecule has 3 N–H and O–H groups in total. The Morgan fingerprint density at radius 3 is 2.82 bits per heavy atom. The van der Waals surface area contributed by atoms with Crippen molar-refractivity contribution in [3.05, 3.63) is 34.3 Å². The van der Waals surface area contributed by atoms with Gasteiger partial charge >= 0.3 is 0 Å². The van der Waals surface area contributed by atoms with Gasteiger partial charge in [0.25, 0.3) is 0 Å². The van der Waals surface area contributed by atoms with E-state index in [2.05, 4.69) is 46.4 Å². The van der Waals surface area contributed by atoms with Crippen molar-refractivity contribution in [3.8, 4) is 0 Å². The summed E-state index contributed by atoms with van der Waals surface area (Å²) in [7, 11) is 0. The van der Waals surface area contributed by atoms with Gasteiger partial charge in [0.05, 0.1) is 0 Å². The van der Waals surface area contributed by atoms with E-state index in [1.807, 2.05) is 6.07 Å². The predicted molar refractivity (Wildman–Crippen MR) is 75.8 cm³/mol. The van der Waals surface area contributed by atoms with Crippen LogP contribution < -0.4 is 11.1 Å². The molecular weight excluding hydrogens is 276 g/mol. The molecule has 0 radical (unpaired) electrons. The first kappa shape index (κ1) is 13.1. The number of benzene rings is 1. The molecule has 0 aliphatic heterocycles. The van der Waals surface area contributed by atoms with Gasteiger partial charge in [-0.05, 0) is 48.9 Å². The molecule has 3 heteroatoms. The molecule has 2 rings (SSSR count).